The fourth-order valence-corrected chi connectivity index (χ4v) is 1.54. The summed E-state index contributed by atoms with van der Waals surface area (Å²) in [5.74, 6) is 0.336. The second-order valence-corrected chi connectivity index (χ2v) is 3.11. The lowest BCUT2D eigenvalue weighted by Crippen LogP contribution is -2.36. The van der Waals surface area contributed by atoms with E-state index in [1.165, 1.54) is 6.92 Å². The summed E-state index contributed by atoms with van der Waals surface area (Å²) in [6, 6.07) is -0.174. The highest BCUT2D eigenvalue weighted by Gasteiger charge is 2.31. The number of rotatable bonds is 1. The van der Waals surface area contributed by atoms with Gasteiger partial charge in [0, 0.05) is 13.5 Å². The number of hydrogen-bond acceptors (Lipinski definition) is 2. The highest BCUT2D eigenvalue weighted by atomic mass is 16.2. The summed E-state index contributed by atoms with van der Waals surface area (Å²) < 4.78 is 0. The minimum absolute atomic E-state index is 0.00597. The topological polar surface area (TPSA) is 37.4 Å². The molecule has 0 N–H and O–H groups in total. The van der Waals surface area contributed by atoms with Gasteiger partial charge in [-0.3, -0.25) is 4.79 Å². The summed E-state index contributed by atoms with van der Waals surface area (Å²) in [5.41, 5.74) is 0. The van der Waals surface area contributed by atoms with Gasteiger partial charge in [0.2, 0.25) is 5.91 Å². The van der Waals surface area contributed by atoms with Crippen LogP contribution in [0, 0.1) is 5.92 Å². The molecule has 1 heterocycles. The van der Waals surface area contributed by atoms with Crippen LogP contribution in [0.3, 0.4) is 0 Å². The Balaban J connectivity index is 2.68. The largest absolute Gasteiger partial charge is 0.333 e. The lowest BCUT2D eigenvalue weighted by molar-refractivity contribution is -0.132. The van der Waals surface area contributed by atoms with Gasteiger partial charge in [-0.2, -0.15) is 0 Å². The van der Waals surface area contributed by atoms with Gasteiger partial charge < -0.3 is 9.69 Å². The second-order valence-electron chi connectivity index (χ2n) is 3.11. The third-order valence-corrected chi connectivity index (χ3v) is 2.31. The van der Waals surface area contributed by atoms with Crippen molar-refractivity contribution in [3.05, 3.63) is 0 Å². The maximum absolute atomic E-state index is 10.9. The Morgan fingerprint density at radius 2 is 2.27 bits per heavy atom. The molecule has 0 spiro atoms. The molecule has 0 bridgehead atoms. The van der Waals surface area contributed by atoms with Gasteiger partial charge in [0.15, 0.2) is 0 Å². The number of likely N-dealkylation sites (tertiary alicyclic amines) is 1. The molecule has 1 aliphatic heterocycles. The van der Waals surface area contributed by atoms with E-state index >= 15 is 0 Å². The lowest BCUT2D eigenvalue weighted by Gasteiger charge is -2.19. The van der Waals surface area contributed by atoms with Gasteiger partial charge >= 0.3 is 0 Å². The van der Waals surface area contributed by atoms with Crippen molar-refractivity contribution in [2.24, 2.45) is 5.92 Å². The maximum atomic E-state index is 10.9. The smallest absolute Gasteiger partial charge is 0.220 e. The number of amides is 1. The van der Waals surface area contributed by atoms with E-state index in [2.05, 4.69) is 0 Å². The molecule has 1 saturated heterocycles. The van der Waals surface area contributed by atoms with Crippen LogP contribution in [0.15, 0.2) is 0 Å². The van der Waals surface area contributed by atoms with Gasteiger partial charge in [0.1, 0.15) is 6.29 Å². The molecule has 0 saturated carbocycles. The first-order valence-corrected chi connectivity index (χ1v) is 3.89. The Kier molecular flexibility index (Phi) is 2.27. The lowest BCUT2D eigenvalue weighted by atomic mass is 10.0. The van der Waals surface area contributed by atoms with E-state index in [4.69, 9.17) is 0 Å². The Morgan fingerprint density at radius 1 is 1.64 bits per heavy atom. The molecule has 1 amide bonds. The predicted octanol–water partition coefficient (Wildman–Crippen LogP) is 0.442. The quantitative estimate of drug-likeness (QED) is 0.515. The molecule has 0 aliphatic carbocycles. The Labute approximate surface area is 66.4 Å². The minimum atomic E-state index is -0.174. The van der Waals surface area contributed by atoms with Gasteiger partial charge in [-0.25, -0.2) is 0 Å². The van der Waals surface area contributed by atoms with Gasteiger partial charge in [-0.1, -0.05) is 6.92 Å². The highest BCUT2D eigenvalue weighted by molar-refractivity contribution is 5.78. The molecule has 3 nitrogen and oxygen atoms in total. The molecule has 1 aliphatic rings. The van der Waals surface area contributed by atoms with Crippen molar-refractivity contribution in [2.75, 3.05) is 6.54 Å². The Hall–Kier alpha value is -0.860. The number of carbonyl (C=O) groups excluding carboxylic acids is 2. The van der Waals surface area contributed by atoms with Crippen molar-refractivity contribution >= 4 is 12.2 Å². The van der Waals surface area contributed by atoms with E-state index in [1.807, 2.05) is 6.92 Å². The number of carbonyl (C=O) groups is 2. The molecular formula is C8H13NO2. The second kappa shape index (κ2) is 3.03. The Bertz CT molecular complexity index is 179. The molecule has 0 aromatic rings. The van der Waals surface area contributed by atoms with Crippen molar-refractivity contribution in [1.29, 1.82) is 0 Å². The number of nitrogens with zero attached hydrogens (tertiary/aromatic N) is 1. The third kappa shape index (κ3) is 1.42. The first-order valence-electron chi connectivity index (χ1n) is 3.89. The van der Waals surface area contributed by atoms with Crippen LogP contribution < -0.4 is 0 Å². The summed E-state index contributed by atoms with van der Waals surface area (Å²) in [4.78, 5) is 23.1. The molecule has 62 valence electrons. The van der Waals surface area contributed by atoms with Crippen LogP contribution in [0.25, 0.3) is 0 Å². The molecule has 0 aromatic heterocycles. The average molecular weight is 155 g/mol. The van der Waals surface area contributed by atoms with Crippen LogP contribution in [-0.2, 0) is 9.59 Å². The predicted molar refractivity (Wildman–Crippen MR) is 41.0 cm³/mol. The monoisotopic (exact) mass is 155 g/mol. The fraction of sp³-hybridized carbons (Fsp3) is 0.750. The van der Waals surface area contributed by atoms with E-state index in [0.717, 1.165) is 19.3 Å². The van der Waals surface area contributed by atoms with E-state index in [0.29, 0.717) is 5.92 Å². The zero-order chi connectivity index (χ0) is 8.43. The summed E-state index contributed by atoms with van der Waals surface area (Å²) in [6.07, 6.45) is 1.82. The van der Waals surface area contributed by atoms with Crippen LogP contribution in [0.5, 0.6) is 0 Å². The van der Waals surface area contributed by atoms with Crippen LogP contribution >= 0.6 is 0 Å². The van der Waals surface area contributed by atoms with Crippen LogP contribution in [0.4, 0.5) is 0 Å². The molecular weight excluding hydrogens is 142 g/mol. The standard InChI is InChI=1S/C8H13NO2/c1-6-3-4-9(7(2)11)8(6)5-10/h5-6,8H,3-4H2,1-2H3/t6-,8+/m0/s1. The van der Waals surface area contributed by atoms with Gasteiger partial charge in [-0.05, 0) is 12.3 Å². The number of aldehydes is 1. The summed E-state index contributed by atoms with van der Waals surface area (Å²) >= 11 is 0. The molecule has 2 atom stereocenters. The summed E-state index contributed by atoms with van der Waals surface area (Å²) in [5, 5.41) is 0. The zero-order valence-corrected chi connectivity index (χ0v) is 6.91. The van der Waals surface area contributed by atoms with Gasteiger partial charge in [-0.15, -0.1) is 0 Å². The normalized spacial score (nSPS) is 30.5. The van der Waals surface area contributed by atoms with E-state index < -0.39 is 0 Å². The summed E-state index contributed by atoms with van der Waals surface area (Å²) in [6.45, 7) is 4.25. The summed E-state index contributed by atoms with van der Waals surface area (Å²) in [7, 11) is 0. The zero-order valence-electron chi connectivity index (χ0n) is 6.91. The van der Waals surface area contributed by atoms with Crippen molar-refractivity contribution in [3.8, 4) is 0 Å². The van der Waals surface area contributed by atoms with Crippen molar-refractivity contribution < 1.29 is 9.59 Å². The molecule has 1 fully saturated rings. The van der Waals surface area contributed by atoms with Crippen molar-refractivity contribution in [3.63, 3.8) is 0 Å². The van der Waals surface area contributed by atoms with Crippen molar-refractivity contribution in [2.45, 2.75) is 26.3 Å². The molecule has 3 heteroatoms. The molecule has 0 aromatic carbocycles. The third-order valence-electron chi connectivity index (χ3n) is 2.31. The first-order chi connectivity index (χ1) is 5.16. The van der Waals surface area contributed by atoms with Crippen molar-refractivity contribution in [1.82, 2.24) is 4.90 Å². The Morgan fingerprint density at radius 3 is 2.64 bits per heavy atom. The highest BCUT2D eigenvalue weighted by Crippen LogP contribution is 2.21. The molecule has 0 radical (unpaired) electrons. The van der Waals surface area contributed by atoms with E-state index in [1.54, 1.807) is 4.90 Å². The molecule has 0 unspecified atom stereocenters. The van der Waals surface area contributed by atoms with Crippen LogP contribution in [0.2, 0.25) is 0 Å². The average Bonchev–Trinajstić information content (AvgIpc) is 2.30. The van der Waals surface area contributed by atoms with Crippen LogP contribution in [-0.4, -0.2) is 29.7 Å². The SMILES string of the molecule is CC(=O)N1CC[C@H](C)[C@H]1C=O. The van der Waals surface area contributed by atoms with E-state index in [9.17, 15) is 9.59 Å². The van der Waals surface area contributed by atoms with Gasteiger partial charge in [0.05, 0.1) is 6.04 Å². The molecule has 11 heavy (non-hydrogen) atoms. The number of hydrogen-bond donors (Lipinski definition) is 0. The minimum Gasteiger partial charge on any atom is -0.333 e. The van der Waals surface area contributed by atoms with Crippen LogP contribution in [0.1, 0.15) is 20.3 Å². The van der Waals surface area contributed by atoms with Gasteiger partial charge in [0.25, 0.3) is 0 Å². The van der Waals surface area contributed by atoms with E-state index in [-0.39, 0.29) is 11.9 Å². The first kappa shape index (κ1) is 8.24. The molecule has 1 rings (SSSR count). The fourth-order valence-electron chi connectivity index (χ4n) is 1.54. The maximum Gasteiger partial charge on any atom is 0.220 e.